The van der Waals surface area contributed by atoms with Crippen molar-refractivity contribution in [2.24, 2.45) is 5.73 Å². The predicted molar refractivity (Wildman–Crippen MR) is 59.4 cm³/mol. The Labute approximate surface area is 85.4 Å². The van der Waals surface area contributed by atoms with Gasteiger partial charge in [-0.3, -0.25) is 0 Å². The number of hydrogen-bond donors (Lipinski definition) is 1. The summed E-state index contributed by atoms with van der Waals surface area (Å²) < 4.78 is 5.39. The number of nitrogens with two attached hydrogens (primary N) is 1. The maximum Gasteiger partial charge on any atom is 0.119 e. The minimum absolute atomic E-state index is 0.0212. The summed E-state index contributed by atoms with van der Waals surface area (Å²) in [4.78, 5) is 0. The summed E-state index contributed by atoms with van der Waals surface area (Å²) in [7, 11) is 0. The minimum Gasteiger partial charge on any atom is -0.494 e. The number of rotatable bonds is 5. The molecule has 0 aliphatic carbocycles. The van der Waals surface area contributed by atoms with Crippen molar-refractivity contribution in [2.75, 3.05) is 6.61 Å². The fraction of sp³-hybridized carbons (Fsp3) is 0.333. The van der Waals surface area contributed by atoms with Crippen molar-refractivity contribution in [2.45, 2.75) is 19.4 Å². The van der Waals surface area contributed by atoms with Crippen LogP contribution >= 0.6 is 0 Å². The molecule has 0 heterocycles. The quantitative estimate of drug-likeness (QED) is 0.726. The lowest BCUT2D eigenvalue weighted by atomic mass is 10.0. The van der Waals surface area contributed by atoms with Crippen LogP contribution in [0.4, 0.5) is 0 Å². The van der Waals surface area contributed by atoms with Crippen LogP contribution < -0.4 is 10.5 Å². The van der Waals surface area contributed by atoms with Crippen LogP contribution in [0.25, 0.3) is 0 Å². The fourth-order valence-corrected chi connectivity index (χ4v) is 1.32. The van der Waals surface area contributed by atoms with E-state index in [9.17, 15) is 0 Å². The lowest BCUT2D eigenvalue weighted by Gasteiger charge is -2.11. The summed E-state index contributed by atoms with van der Waals surface area (Å²) >= 11 is 0. The van der Waals surface area contributed by atoms with Crippen molar-refractivity contribution in [3.63, 3.8) is 0 Å². The first kappa shape index (κ1) is 10.8. The maximum atomic E-state index is 5.94. The van der Waals surface area contributed by atoms with E-state index in [1.807, 2.05) is 37.3 Å². The Hall–Kier alpha value is -1.28. The third-order valence-corrected chi connectivity index (χ3v) is 2.02. The summed E-state index contributed by atoms with van der Waals surface area (Å²) in [5.74, 6) is 0.879. The van der Waals surface area contributed by atoms with Crippen LogP contribution in [0.3, 0.4) is 0 Å². The summed E-state index contributed by atoms with van der Waals surface area (Å²) in [6.07, 6.45) is 2.62. The molecule has 0 aliphatic rings. The van der Waals surface area contributed by atoms with Crippen LogP contribution in [0.2, 0.25) is 0 Å². The second-order valence-electron chi connectivity index (χ2n) is 3.14. The van der Waals surface area contributed by atoms with E-state index in [0.717, 1.165) is 17.7 Å². The molecule has 0 spiro atoms. The SMILES string of the molecule is C=CC[C@H](N)c1cccc(OCC)c1. The average Bonchev–Trinajstić information content (AvgIpc) is 2.19. The standard InChI is InChI=1S/C12H17NO/c1-3-6-12(13)10-7-5-8-11(9-10)14-4-2/h3,5,7-9,12H,1,4,6,13H2,2H3/t12-/m0/s1. The van der Waals surface area contributed by atoms with E-state index < -0.39 is 0 Å². The number of ether oxygens (including phenoxy) is 1. The Morgan fingerprint density at radius 3 is 3.00 bits per heavy atom. The topological polar surface area (TPSA) is 35.2 Å². The predicted octanol–water partition coefficient (Wildman–Crippen LogP) is 2.66. The number of hydrogen-bond acceptors (Lipinski definition) is 2. The molecule has 2 nitrogen and oxygen atoms in total. The molecule has 0 saturated heterocycles. The van der Waals surface area contributed by atoms with Crippen LogP contribution in [-0.4, -0.2) is 6.61 Å². The Balaban J connectivity index is 2.76. The molecule has 14 heavy (non-hydrogen) atoms. The van der Waals surface area contributed by atoms with Gasteiger partial charge >= 0.3 is 0 Å². The van der Waals surface area contributed by atoms with E-state index in [2.05, 4.69) is 6.58 Å². The Bertz CT molecular complexity index is 296. The lowest BCUT2D eigenvalue weighted by Crippen LogP contribution is -2.09. The van der Waals surface area contributed by atoms with E-state index in [1.54, 1.807) is 0 Å². The molecule has 1 rings (SSSR count). The highest BCUT2D eigenvalue weighted by atomic mass is 16.5. The molecule has 2 N–H and O–H groups in total. The monoisotopic (exact) mass is 191 g/mol. The van der Waals surface area contributed by atoms with Crippen LogP contribution in [-0.2, 0) is 0 Å². The molecular weight excluding hydrogens is 174 g/mol. The lowest BCUT2D eigenvalue weighted by molar-refractivity contribution is 0.339. The van der Waals surface area contributed by atoms with E-state index in [-0.39, 0.29) is 6.04 Å². The van der Waals surface area contributed by atoms with Gasteiger partial charge in [-0.15, -0.1) is 6.58 Å². The minimum atomic E-state index is 0.0212. The van der Waals surface area contributed by atoms with Gasteiger partial charge in [-0.25, -0.2) is 0 Å². The molecule has 0 radical (unpaired) electrons. The van der Waals surface area contributed by atoms with Crippen molar-refractivity contribution in [3.8, 4) is 5.75 Å². The third-order valence-electron chi connectivity index (χ3n) is 2.02. The molecule has 1 aromatic carbocycles. The zero-order chi connectivity index (χ0) is 10.4. The average molecular weight is 191 g/mol. The molecule has 0 unspecified atom stereocenters. The first-order valence-electron chi connectivity index (χ1n) is 4.87. The van der Waals surface area contributed by atoms with Gasteiger partial charge in [0.05, 0.1) is 6.61 Å². The third kappa shape index (κ3) is 2.89. The van der Waals surface area contributed by atoms with Gasteiger partial charge in [-0.2, -0.15) is 0 Å². The van der Waals surface area contributed by atoms with Gasteiger partial charge in [0.15, 0.2) is 0 Å². The van der Waals surface area contributed by atoms with E-state index in [0.29, 0.717) is 6.61 Å². The van der Waals surface area contributed by atoms with Crippen LogP contribution in [0.15, 0.2) is 36.9 Å². The molecule has 0 saturated carbocycles. The molecule has 0 amide bonds. The first-order chi connectivity index (χ1) is 6.77. The van der Waals surface area contributed by atoms with E-state index >= 15 is 0 Å². The fourth-order valence-electron chi connectivity index (χ4n) is 1.32. The van der Waals surface area contributed by atoms with Crippen molar-refractivity contribution in [3.05, 3.63) is 42.5 Å². The first-order valence-corrected chi connectivity index (χ1v) is 4.87. The summed E-state index contributed by atoms with van der Waals surface area (Å²) in [6.45, 7) is 6.32. The molecule has 0 fully saturated rings. The summed E-state index contributed by atoms with van der Waals surface area (Å²) in [6, 6.07) is 7.92. The molecule has 0 aromatic heterocycles. The highest BCUT2D eigenvalue weighted by molar-refractivity contribution is 5.30. The van der Waals surface area contributed by atoms with Crippen molar-refractivity contribution >= 4 is 0 Å². The van der Waals surface area contributed by atoms with Crippen molar-refractivity contribution < 1.29 is 4.74 Å². The van der Waals surface area contributed by atoms with Crippen molar-refractivity contribution in [1.29, 1.82) is 0 Å². The van der Waals surface area contributed by atoms with Crippen LogP contribution in [0.1, 0.15) is 24.9 Å². The van der Waals surface area contributed by atoms with Gasteiger partial charge in [-0.05, 0) is 31.0 Å². The Morgan fingerprint density at radius 1 is 1.57 bits per heavy atom. The van der Waals surface area contributed by atoms with E-state index in [1.165, 1.54) is 0 Å². The van der Waals surface area contributed by atoms with E-state index in [4.69, 9.17) is 10.5 Å². The van der Waals surface area contributed by atoms with Crippen LogP contribution in [0.5, 0.6) is 5.75 Å². The molecule has 0 bridgehead atoms. The van der Waals surface area contributed by atoms with Gasteiger partial charge in [0, 0.05) is 6.04 Å². The van der Waals surface area contributed by atoms with Gasteiger partial charge < -0.3 is 10.5 Å². The van der Waals surface area contributed by atoms with Gasteiger partial charge in [0.2, 0.25) is 0 Å². The Morgan fingerprint density at radius 2 is 2.36 bits per heavy atom. The molecule has 2 heteroatoms. The highest BCUT2D eigenvalue weighted by Gasteiger charge is 2.04. The zero-order valence-electron chi connectivity index (χ0n) is 8.57. The normalized spacial score (nSPS) is 12.1. The largest absolute Gasteiger partial charge is 0.494 e. The second-order valence-corrected chi connectivity index (χ2v) is 3.14. The molecular formula is C12H17NO. The number of benzene rings is 1. The van der Waals surface area contributed by atoms with Gasteiger partial charge in [-0.1, -0.05) is 18.2 Å². The second kappa shape index (κ2) is 5.45. The maximum absolute atomic E-state index is 5.94. The summed E-state index contributed by atoms with van der Waals surface area (Å²) in [5.41, 5.74) is 7.04. The smallest absolute Gasteiger partial charge is 0.119 e. The molecule has 1 atom stereocenters. The summed E-state index contributed by atoms with van der Waals surface area (Å²) in [5, 5.41) is 0. The van der Waals surface area contributed by atoms with Crippen LogP contribution in [0, 0.1) is 0 Å². The highest BCUT2D eigenvalue weighted by Crippen LogP contribution is 2.19. The molecule has 1 aromatic rings. The zero-order valence-corrected chi connectivity index (χ0v) is 8.57. The molecule has 0 aliphatic heterocycles. The molecule has 76 valence electrons. The van der Waals surface area contributed by atoms with Crippen molar-refractivity contribution in [1.82, 2.24) is 0 Å². The van der Waals surface area contributed by atoms with Gasteiger partial charge in [0.25, 0.3) is 0 Å². The van der Waals surface area contributed by atoms with Gasteiger partial charge in [0.1, 0.15) is 5.75 Å². The Kier molecular flexibility index (Phi) is 4.20.